The zero-order valence-electron chi connectivity index (χ0n) is 14.0. The highest BCUT2D eigenvalue weighted by Gasteiger charge is 2.22. The van der Waals surface area contributed by atoms with Crippen LogP contribution < -0.4 is 10.6 Å². The van der Waals surface area contributed by atoms with Crippen LogP contribution in [0.25, 0.3) is 0 Å². The van der Waals surface area contributed by atoms with E-state index in [-0.39, 0.29) is 18.4 Å². The van der Waals surface area contributed by atoms with E-state index in [4.69, 9.17) is 16.7 Å². The molecule has 0 radical (unpaired) electrons. The van der Waals surface area contributed by atoms with Crippen molar-refractivity contribution in [3.8, 4) is 0 Å². The topological polar surface area (TPSA) is 95.5 Å². The predicted molar refractivity (Wildman–Crippen MR) is 91.9 cm³/mol. The van der Waals surface area contributed by atoms with Crippen LogP contribution in [0.2, 0.25) is 5.02 Å². The number of amides is 2. The van der Waals surface area contributed by atoms with Crippen molar-refractivity contribution < 1.29 is 19.5 Å². The summed E-state index contributed by atoms with van der Waals surface area (Å²) in [6.45, 7) is 5.18. The molecule has 1 aromatic rings. The molecule has 2 amide bonds. The highest BCUT2D eigenvalue weighted by molar-refractivity contribution is 6.30. The maximum absolute atomic E-state index is 12.1. The molecular formula is C17H23ClN2O4. The standard InChI is InChI=1S/C17H23ClN2O4/c1-10(2)7-14(17(23)24)20-15(21)9-19-16(22)11(3)12-5-4-6-13(18)8-12/h4-6,8,10-11,14H,7,9H2,1-3H3,(H,19,22)(H,20,21)(H,23,24)/t11?,14-/m0/s1. The number of carboxylic acids is 1. The van der Waals surface area contributed by atoms with Crippen molar-refractivity contribution in [2.75, 3.05) is 6.54 Å². The number of benzene rings is 1. The van der Waals surface area contributed by atoms with Gasteiger partial charge in [0.1, 0.15) is 6.04 Å². The van der Waals surface area contributed by atoms with E-state index in [1.165, 1.54) is 0 Å². The molecule has 2 atom stereocenters. The van der Waals surface area contributed by atoms with Gasteiger partial charge in [0.2, 0.25) is 11.8 Å². The van der Waals surface area contributed by atoms with Crippen LogP contribution >= 0.6 is 11.6 Å². The van der Waals surface area contributed by atoms with Gasteiger partial charge >= 0.3 is 5.97 Å². The number of rotatable bonds is 8. The van der Waals surface area contributed by atoms with Crippen LogP contribution in [0.15, 0.2) is 24.3 Å². The van der Waals surface area contributed by atoms with Crippen molar-refractivity contribution >= 4 is 29.4 Å². The van der Waals surface area contributed by atoms with Crippen molar-refractivity contribution in [1.82, 2.24) is 10.6 Å². The van der Waals surface area contributed by atoms with Gasteiger partial charge in [0.05, 0.1) is 12.5 Å². The third-order valence-electron chi connectivity index (χ3n) is 3.51. The third-order valence-corrected chi connectivity index (χ3v) is 3.74. The molecule has 0 saturated carbocycles. The zero-order chi connectivity index (χ0) is 18.3. The monoisotopic (exact) mass is 354 g/mol. The fourth-order valence-corrected chi connectivity index (χ4v) is 2.38. The molecule has 7 heteroatoms. The highest BCUT2D eigenvalue weighted by atomic mass is 35.5. The summed E-state index contributed by atoms with van der Waals surface area (Å²) in [6.07, 6.45) is 0.327. The minimum absolute atomic E-state index is 0.129. The summed E-state index contributed by atoms with van der Waals surface area (Å²) in [6, 6.07) is 5.97. The Kier molecular flexibility index (Phi) is 7.71. The van der Waals surface area contributed by atoms with Crippen LogP contribution in [-0.2, 0) is 14.4 Å². The fraction of sp³-hybridized carbons (Fsp3) is 0.471. The van der Waals surface area contributed by atoms with Crippen LogP contribution in [-0.4, -0.2) is 35.5 Å². The molecule has 24 heavy (non-hydrogen) atoms. The molecule has 0 aliphatic carbocycles. The van der Waals surface area contributed by atoms with E-state index in [2.05, 4.69) is 10.6 Å². The Morgan fingerprint density at radius 1 is 1.21 bits per heavy atom. The second kappa shape index (κ2) is 9.27. The van der Waals surface area contributed by atoms with Crippen LogP contribution in [0.4, 0.5) is 0 Å². The van der Waals surface area contributed by atoms with E-state index in [1.807, 2.05) is 13.8 Å². The van der Waals surface area contributed by atoms with Gasteiger partial charge in [-0.15, -0.1) is 0 Å². The number of hydrogen-bond donors (Lipinski definition) is 3. The smallest absolute Gasteiger partial charge is 0.326 e. The average Bonchev–Trinajstić information content (AvgIpc) is 2.50. The molecule has 0 bridgehead atoms. The van der Waals surface area contributed by atoms with Crippen molar-refractivity contribution in [1.29, 1.82) is 0 Å². The maximum atomic E-state index is 12.1. The van der Waals surface area contributed by atoms with Gasteiger partial charge in [-0.1, -0.05) is 37.6 Å². The van der Waals surface area contributed by atoms with Gasteiger partial charge < -0.3 is 15.7 Å². The molecule has 0 saturated heterocycles. The van der Waals surface area contributed by atoms with Crippen LogP contribution in [0, 0.1) is 5.92 Å². The van der Waals surface area contributed by atoms with Crippen molar-refractivity contribution in [3.63, 3.8) is 0 Å². The number of carboxylic acid groups (broad SMARTS) is 1. The summed E-state index contributed by atoms with van der Waals surface area (Å²) in [7, 11) is 0. The van der Waals surface area contributed by atoms with E-state index in [9.17, 15) is 14.4 Å². The minimum Gasteiger partial charge on any atom is -0.480 e. The Morgan fingerprint density at radius 2 is 1.88 bits per heavy atom. The average molecular weight is 355 g/mol. The first kappa shape index (κ1) is 20.0. The molecule has 0 aliphatic rings. The Bertz CT molecular complexity index is 604. The van der Waals surface area contributed by atoms with Crippen molar-refractivity contribution in [2.45, 2.75) is 39.2 Å². The number of halogens is 1. The molecule has 0 spiro atoms. The molecule has 0 aliphatic heterocycles. The summed E-state index contributed by atoms with van der Waals surface area (Å²) < 4.78 is 0. The summed E-state index contributed by atoms with van der Waals surface area (Å²) in [5.41, 5.74) is 0.739. The van der Waals surface area contributed by atoms with Crippen molar-refractivity contribution in [3.05, 3.63) is 34.9 Å². The SMILES string of the molecule is CC(C)C[C@H](NC(=O)CNC(=O)C(C)c1cccc(Cl)c1)C(=O)O. The lowest BCUT2D eigenvalue weighted by Crippen LogP contribution is -2.46. The lowest BCUT2D eigenvalue weighted by molar-refractivity contribution is -0.142. The van der Waals surface area contributed by atoms with Gasteiger partial charge in [0, 0.05) is 5.02 Å². The van der Waals surface area contributed by atoms with Crippen molar-refractivity contribution in [2.24, 2.45) is 5.92 Å². The molecule has 1 aromatic carbocycles. The molecule has 0 aromatic heterocycles. The molecule has 3 N–H and O–H groups in total. The quantitative estimate of drug-likeness (QED) is 0.666. The van der Waals surface area contributed by atoms with E-state index in [0.29, 0.717) is 11.4 Å². The first-order valence-corrected chi connectivity index (χ1v) is 8.13. The zero-order valence-corrected chi connectivity index (χ0v) is 14.8. The van der Waals surface area contributed by atoms with E-state index < -0.39 is 23.8 Å². The molecule has 6 nitrogen and oxygen atoms in total. The minimum atomic E-state index is -1.09. The fourth-order valence-electron chi connectivity index (χ4n) is 2.19. The van der Waals surface area contributed by atoms with Gasteiger partial charge in [-0.3, -0.25) is 9.59 Å². The number of hydrogen-bond acceptors (Lipinski definition) is 3. The number of aliphatic carboxylic acids is 1. The molecule has 0 heterocycles. The van der Waals surface area contributed by atoms with Gasteiger partial charge in [-0.25, -0.2) is 4.79 Å². The summed E-state index contributed by atoms with van der Waals surface area (Å²) in [4.78, 5) is 35.1. The van der Waals surface area contributed by atoms with Gasteiger partial charge in [0.15, 0.2) is 0 Å². The van der Waals surface area contributed by atoms with Gasteiger partial charge in [-0.2, -0.15) is 0 Å². The van der Waals surface area contributed by atoms with Gasteiger partial charge in [0.25, 0.3) is 0 Å². The van der Waals surface area contributed by atoms with E-state index in [1.54, 1.807) is 31.2 Å². The Hall–Kier alpha value is -2.08. The third kappa shape index (κ3) is 6.58. The van der Waals surface area contributed by atoms with Crippen LogP contribution in [0.3, 0.4) is 0 Å². The highest BCUT2D eigenvalue weighted by Crippen LogP contribution is 2.19. The van der Waals surface area contributed by atoms with E-state index >= 15 is 0 Å². The second-order valence-corrected chi connectivity index (χ2v) is 6.52. The molecule has 1 rings (SSSR count). The second-order valence-electron chi connectivity index (χ2n) is 6.08. The summed E-state index contributed by atoms with van der Waals surface area (Å²) in [5, 5.41) is 14.6. The lowest BCUT2D eigenvalue weighted by atomic mass is 10.0. The van der Waals surface area contributed by atoms with Gasteiger partial charge in [-0.05, 0) is 37.0 Å². The predicted octanol–water partition coefficient (Wildman–Crippen LogP) is 2.18. The Labute approximate surface area is 146 Å². The summed E-state index contributed by atoms with van der Waals surface area (Å²) >= 11 is 5.90. The lowest BCUT2D eigenvalue weighted by Gasteiger charge is -2.17. The molecule has 132 valence electrons. The van der Waals surface area contributed by atoms with E-state index in [0.717, 1.165) is 5.56 Å². The first-order valence-electron chi connectivity index (χ1n) is 7.76. The molecular weight excluding hydrogens is 332 g/mol. The first-order chi connectivity index (χ1) is 11.2. The number of nitrogens with one attached hydrogen (secondary N) is 2. The largest absolute Gasteiger partial charge is 0.480 e. The molecule has 1 unspecified atom stereocenters. The maximum Gasteiger partial charge on any atom is 0.326 e. The normalized spacial score (nSPS) is 13.2. The Morgan fingerprint density at radius 3 is 2.42 bits per heavy atom. The van der Waals surface area contributed by atoms with Crippen LogP contribution in [0.5, 0.6) is 0 Å². The molecule has 0 fully saturated rings. The number of carbonyl (C=O) groups is 3. The number of carbonyl (C=O) groups excluding carboxylic acids is 2. The van der Waals surface area contributed by atoms with Crippen LogP contribution in [0.1, 0.15) is 38.7 Å². The summed E-state index contributed by atoms with van der Waals surface area (Å²) in [5.74, 6) is -2.29. The Balaban J connectivity index is 2.53.